The number of unbranched alkanes of at least 4 members (excludes halogenated alkanes) is 15. The second-order valence-corrected chi connectivity index (χ2v) is 11.7. The molecule has 6 heteroatoms. The Morgan fingerprint density at radius 1 is 0.774 bits per heavy atom. The Morgan fingerprint density at radius 2 is 1.23 bits per heavy atom. The molecule has 0 aliphatic rings. The summed E-state index contributed by atoms with van der Waals surface area (Å²) >= 11 is 0. The number of hydrogen-bond donors (Lipinski definition) is 2. The van der Waals surface area contributed by atoms with Gasteiger partial charge in [0.2, 0.25) is 5.91 Å². The molecule has 0 aliphatic heterocycles. The lowest BCUT2D eigenvalue weighted by molar-refractivity contribution is -0.121. The van der Waals surface area contributed by atoms with Crippen LogP contribution in [0.15, 0.2) is 0 Å². The van der Waals surface area contributed by atoms with E-state index in [-0.39, 0.29) is 11.6 Å². The molecule has 0 aromatic heterocycles. The van der Waals surface area contributed by atoms with Crippen LogP contribution in [0.5, 0.6) is 0 Å². The molecule has 0 rings (SSSR count). The van der Waals surface area contributed by atoms with E-state index in [0.29, 0.717) is 13.0 Å². The van der Waals surface area contributed by atoms with Crippen LogP contribution in [0.2, 0.25) is 0 Å². The van der Waals surface area contributed by atoms with Crippen LogP contribution in [0.25, 0.3) is 0 Å². The molecule has 1 unspecified atom stereocenters. The van der Waals surface area contributed by atoms with Gasteiger partial charge in [-0.2, -0.15) is 0 Å². The van der Waals surface area contributed by atoms with Crippen molar-refractivity contribution in [3.05, 3.63) is 0 Å². The van der Waals surface area contributed by atoms with Crippen molar-refractivity contribution in [2.24, 2.45) is 0 Å². The van der Waals surface area contributed by atoms with Gasteiger partial charge in [0.15, 0.2) is 0 Å². The molecule has 1 atom stereocenters. The van der Waals surface area contributed by atoms with E-state index in [1.165, 1.54) is 70.6 Å². The van der Waals surface area contributed by atoms with Gasteiger partial charge in [0.1, 0.15) is 0 Å². The summed E-state index contributed by atoms with van der Waals surface area (Å²) in [6, 6.07) is 0. The normalized spacial score (nSPS) is 13.5. The number of nitrogens with one attached hydrogen (secondary N) is 1. The lowest BCUT2D eigenvalue weighted by atomic mass is 10.0. The molecule has 0 fully saturated rings. The summed E-state index contributed by atoms with van der Waals surface area (Å²) in [6.07, 6.45) is 21.5. The average molecular weight is 462 g/mol. The van der Waals surface area contributed by atoms with Crippen molar-refractivity contribution in [2.45, 2.75) is 142 Å². The zero-order chi connectivity index (χ0) is 23.2. The highest BCUT2D eigenvalue weighted by Gasteiger charge is 2.23. The predicted octanol–water partition coefficient (Wildman–Crippen LogP) is 7.75. The Kier molecular flexibility index (Phi) is 21.2. The minimum absolute atomic E-state index is 0.171. The van der Waals surface area contributed by atoms with Crippen LogP contribution in [-0.4, -0.2) is 29.6 Å². The Morgan fingerprint density at radius 3 is 1.74 bits per heavy atom. The molecule has 0 spiro atoms. The molecule has 0 radical (unpaired) electrons. The standard InChI is InChI=1S/C25H52NO4P/c1-4-5-6-7-8-9-10-11-12-13-14-15-18-21-25(27)26-22-19-16-17-20-23-30-31(28,29)24(2)3/h24H,4-23H2,1-3H3,(H,26,27)(H,28,29). The van der Waals surface area contributed by atoms with Gasteiger partial charge < -0.3 is 14.7 Å². The maximum atomic E-state index is 11.9. The summed E-state index contributed by atoms with van der Waals surface area (Å²) in [6.45, 7) is 6.71. The van der Waals surface area contributed by atoms with E-state index in [1.54, 1.807) is 13.8 Å². The van der Waals surface area contributed by atoms with Crippen molar-refractivity contribution in [1.82, 2.24) is 5.32 Å². The minimum atomic E-state index is -3.43. The zero-order valence-electron chi connectivity index (χ0n) is 20.8. The fourth-order valence-electron chi connectivity index (χ4n) is 3.54. The second kappa shape index (κ2) is 21.5. The van der Waals surface area contributed by atoms with E-state index >= 15 is 0 Å². The van der Waals surface area contributed by atoms with Crippen LogP contribution in [0.3, 0.4) is 0 Å². The summed E-state index contributed by atoms with van der Waals surface area (Å²) in [5, 5.41) is 3.00. The van der Waals surface area contributed by atoms with Crippen molar-refractivity contribution in [3.8, 4) is 0 Å². The van der Waals surface area contributed by atoms with Crippen LogP contribution in [0.1, 0.15) is 136 Å². The zero-order valence-corrected chi connectivity index (χ0v) is 21.7. The third-order valence-corrected chi connectivity index (χ3v) is 7.69. The Balaban J connectivity index is 3.28. The Hall–Kier alpha value is -0.380. The summed E-state index contributed by atoms with van der Waals surface area (Å²) in [5.74, 6) is 0.171. The first-order valence-corrected chi connectivity index (χ1v) is 14.8. The summed E-state index contributed by atoms with van der Waals surface area (Å²) < 4.78 is 16.7. The van der Waals surface area contributed by atoms with Gasteiger partial charge in [-0.05, 0) is 19.3 Å². The molecule has 186 valence electrons. The first-order valence-electron chi connectivity index (χ1n) is 13.1. The summed E-state index contributed by atoms with van der Waals surface area (Å²) in [7, 11) is -3.43. The fourth-order valence-corrected chi connectivity index (χ4v) is 4.23. The number of carbonyl (C=O) groups is 1. The van der Waals surface area contributed by atoms with E-state index in [4.69, 9.17) is 4.52 Å². The van der Waals surface area contributed by atoms with Gasteiger partial charge in [0, 0.05) is 13.0 Å². The molecule has 0 aliphatic carbocycles. The van der Waals surface area contributed by atoms with Crippen LogP contribution < -0.4 is 5.32 Å². The smallest absolute Gasteiger partial charge is 0.330 e. The largest absolute Gasteiger partial charge is 0.356 e. The number of rotatable bonds is 23. The third kappa shape index (κ3) is 21.2. The number of hydrogen-bond acceptors (Lipinski definition) is 3. The van der Waals surface area contributed by atoms with Gasteiger partial charge in [0.25, 0.3) is 0 Å². The van der Waals surface area contributed by atoms with E-state index in [0.717, 1.165) is 45.1 Å². The van der Waals surface area contributed by atoms with Gasteiger partial charge >= 0.3 is 7.60 Å². The molecule has 5 nitrogen and oxygen atoms in total. The van der Waals surface area contributed by atoms with E-state index in [2.05, 4.69) is 12.2 Å². The van der Waals surface area contributed by atoms with Crippen molar-refractivity contribution >= 4 is 13.5 Å². The van der Waals surface area contributed by atoms with E-state index < -0.39 is 7.60 Å². The average Bonchev–Trinajstić information content (AvgIpc) is 2.73. The molecule has 31 heavy (non-hydrogen) atoms. The van der Waals surface area contributed by atoms with Gasteiger partial charge in [0.05, 0.1) is 12.3 Å². The van der Waals surface area contributed by atoms with Crippen LogP contribution in [-0.2, 0) is 13.9 Å². The van der Waals surface area contributed by atoms with Crippen molar-refractivity contribution in [1.29, 1.82) is 0 Å². The molecule has 0 aromatic carbocycles. The lowest BCUT2D eigenvalue weighted by Gasteiger charge is -2.15. The topological polar surface area (TPSA) is 75.6 Å². The molecule has 0 saturated carbocycles. The minimum Gasteiger partial charge on any atom is -0.356 e. The molecule has 0 heterocycles. The molecular weight excluding hydrogens is 409 g/mol. The molecule has 1 amide bonds. The number of amides is 1. The van der Waals surface area contributed by atoms with Crippen LogP contribution in [0.4, 0.5) is 0 Å². The summed E-state index contributed by atoms with van der Waals surface area (Å²) in [4.78, 5) is 21.4. The van der Waals surface area contributed by atoms with Crippen molar-refractivity contribution in [2.75, 3.05) is 13.2 Å². The monoisotopic (exact) mass is 461 g/mol. The first kappa shape index (κ1) is 30.6. The van der Waals surface area contributed by atoms with Crippen molar-refractivity contribution < 1.29 is 18.8 Å². The quantitative estimate of drug-likeness (QED) is 0.120. The Bertz CT molecular complexity index is 457. The fraction of sp³-hybridized carbons (Fsp3) is 0.960. The van der Waals surface area contributed by atoms with Crippen molar-refractivity contribution in [3.63, 3.8) is 0 Å². The first-order chi connectivity index (χ1) is 14.9. The molecular formula is C25H52NO4P. The highest BCUT2D eigenvalue weighted by atomic mass is 31.2. The number of carbonyl (C=O) groups excluding carboxylic acids is 1. The lowest BCUT2D eigenvalue weighted by Crippen LogP contribution is -2.23. The Labute approximate surface area is 193 Å². The molecule has 0 saturated heterocycles. The highest BCUT2D eigenvalue weighted by Crippen LogP contribution is 2.47. The maximum Gasteiger partial charge on any atom is 0.330 e. The van der Waals surface area contributed by atoms with Gasteiger partial charge in [-0.15, -0.1) is 0 Å². The van der Waals surface area contributed by atoms with Crippen LogP contribution >= 0.6 is 7.60 Å². The second-order valence-electron chi connectivity index (χ2n) is 9.25. The predicted molar refractivity (Wildman–Crippen MR) is 133 cm³/mol. The van der Waals surface area contributed by atoms with Gasteiger partial charge in [-0.1, -0.05) is 111 Å². The third-order valence-electron chi connectivity index (χ3n) is 5.83. The highest BCUT2D eigenvalue weighted by molar-refractivity contribution is 7.53. The summed E-state index contributed by atoms with van der Waals surface area (Å²) in [5.41, 5.74) is -0.349. The van der Waals surface area contributed by atoms with Crippen LogP contribution in [0, 0.1) is 0 Å². The molecule has 0 bridgehead atoms. The maximum absolute atomic E-state index is 11.9. The van der Waals surface area contributed by atoms with E-state index in [1.807, 2.05) is 0 Å². The SMILES string of the molecule is CCCCCCCCCCCCCCCC(=O)NCCCCCCOP(=O)(O)C(C)C. The molecule has 0 aromatic rings. The van der Waals surface area contributed by atoms with E-state index in [9.17, 15) is 14.3 Å². The van der Waals surface area contributed by atoms with Gasteiger partial charge in [-0.3, -0.25) is 9.36 Å². The van der Waals surface area contributed by atoms with Gasteiger partial charge in [-0.25, -0.2) is 0 Å². The molecule has 2 N–H and O–H groups in total.